The third-order valence-electron chi connectivity index (χ3n) is 1.81. The largest absolute Gasteiger partial charge is 0.477 e. The SMILES string of the molecule is Cc1cc(C#CC#CC(C)(C)O)cc(C(=O)O)n1. The lowest BCUT2D eigenvalue weighted by molar-refractivity contribution is 0.0690. The number of carbonyl (C=O) groups is 1. The van der Waals surface area contributed by atoms with Crippen LogP contribution in [0.5, 0.6) is 0 Å². The maximum Gasteiger partial charge on any atom is 0.354 e. The van der Waals surface area contributed by atoms with Crippen LogP contribution in [-0.4, -0.2) is 26.8 Å². The molecule has 0 unspecified atom stereocenters. The highest BCUT2D eigenvalue weighted by atomic mass is 16.4. The molecule has 0 spiro atoms. The Balaban J connectivity index is 3.01. The molecule has 1 heterocycles. The number of hydrogen-bond acceptors (Lipinski definition) is 3. The Morgan fingerprint density at radius 3 is 2.56 bits per heavy atom. The second-order valence-corrected chi connectivity index (χ2v) is 4.25. The Morgan fingerprint density at radius 1 is 1.33 bits per heavy atom. The molecule has 0 atom stereocenters. The quantitative estimate of drug-likeness (QED) is 0.727. The van der Waals surface area contributed by atoms with Crippen LogP contribution < -0.4 is 0 Å². The molecule has 0 saturated carbocycles. The van der Waals surface area contributed by atoms with Gasteiger partial charge in [-0.3, -0.25) is 0 Å². The van der Waals surface area contributed by atoms with Gasteiger partial charge in [-0.15, -0.1) is 0 Å². The highest BCUT2D eigenvalue weighted by Crippen LogP contribution is 2.04. The van der Waals surface area contributed by atoms with Crippen LogP contribution in [0.25, 0.3) is 0 Å². The predicted octanol–water partition coefficient (Wildman–Crippen LogP) is 1.21. The summed E-state index contributed by atoms with van der Waals surface area (Å²) < 4.78 is 0. The lowest BCUT2D eigenvalue weighted by Crippen LogP contribution is -2.14. The number of aromatic nitrogens is 1. The smallest absolute Gasteiger partial charge is 0.354 e. The van der Waals surface area contributed by atoms with E-state index in [1.54, 1.807) is 26.8 Å². The lowest BCUT2D eigenvalue weighted by atomic mass is 10.1. The number of pyridine rings is 1. The van der Waals surface area contributed by atoms with Crippen LogP contribution in [0.1, 0.15) is 35.6 Å². The second-order valence-electron chi connectivity index (χ2n) is 4.25. The van der Waals surface area contributed by atoms with Crippen LogP contribution in [-0.2, 0) is 0 Å². The second kappa shape index (κ2) is 5.35. The summed E-state index contributed by atoms with van der Waals surface area (Å²) >= 11 is 0. The van der Waals surface area contributed by atoms with Gasteiger partial charge in [0.15, 0.2) is 0 Å². The van der Waals surface area contributed by atoms with Crippen molar-refractivity contribution < 1.29 is 15.0 Å². The number of aliphatic hydroxyl groups is 1. The summed E-state index contributed by atoms with van der Waals surface area (Å²) in [6.07, 6.45) is 0. The van der Waals surface area contributed by atoms with E-state index in [0.717, 1.165) is 0 Å². The molecule has 0 amide bonds. The van der Waals surface area contributed by atoms with Gasteiger partial charge in [-0.05, 0) is 44.7 Å². The van der Waals surface area contributed by atoms with Crippen molar-refractivity contribution in [2.45, 2.75) is 26.4 Å². The highest BCUT2D eigenvalue weighted by Gasteiger charge is 2.06. The van der Waals surface area contributed by atoms with Gasteiger partial charge in [0.05, 0.1) is 0 Å². The molecule has 1 rings (SSSR count). The fourth-order valence-corrected chi connectivity index (χ4v) is 1.14. The van der Waals surface area contributed by atoms with Crippen molar-refractivity contribution in [2.75, 3.05) is 0 Å². The average molecular weight is 243 g/mol. The van der Waals surface area contributed by atoms with E-state index >= 15 is 0 Å². The molecule has 2 N–H and O–H groups in total. The zero-order valence-electron chi connectivity index (χ0n) is 10.4. The van der Waals surface area contributed by atoms with E-state index < -0.39 is 11.6 Å². The fraction of sp³-hybridized carbons (Fsp3) is 0.286. The molecule has 4 nitrogen and oxygen atoms in total. The molecule has 0 radical (unpaired) electrons. The van der Waals surface area contributed by atoms with Crippen molar-refractivity contribution >= 4 is 5.97 Å². The number of hydrogen-bond donors (Lipinski definition) is 2. The van der Waals surface area contributed by atoms with Crippen LogP contribution in [0.2, 0.25) is 0 Å². The molecule has 1 aromatic rings. The predicted molar refractivity (Wildman–Crippen MR) is 66.9 cm³/mol. The van der Waals surface area contributed by atoms with Crippen molar-refractivity contribution in [1.29, 1.82) is 0 Å². The summed E-state index contributed by atoms with van der Waals surface area (Å²) in [6, 6.07) is 3.05. The normalized spacial score (nSPS) is 9.78. The molecule has 0 aliphatic carbocycles. The summed E-state index contributed by atoms with van der Waals surface area (Å²) in [5.41, 5.74) is -0.0240. The van der Waals surface area contributed by atoms with E-state index in [1.807, 2.05) is 0 Å². The highest BCUT2D eigenvalue weighted by molar-refractivity contribution is 5.85. The maximum atomic E-state index is 10.8. The first-order valence-electron chi connectivity index (χ1n) is 5.25. The molecule has 92 valence electrons. The van der Waals surface area contributed by atoms with Crippen LogP contribution in [0.15, 0.2) is 12.1 Å². The minimum absolute atomic E-state index is 0.0465. The number of nitrogens with zero attached hydrogens (tertiary/aromatic N) is 1. The Kier molecular flexibility index (Phi) is 4.09. The first-order chi connectivity index (χ1) is 8.28. The summed E-state index contributed by atoms with van der Waals surface area (Å²) in [6.45, 7) is 4.81. The van der Waals surface area contributed by atoms with Gasteiger partial charge in [-0.2, -0.15) is 0 Å². The standard InChI is InChI=1S/C14H13NO3/c1-10-8-11(9-12(15-10)13(16)17)6-4-5-7-14(2,3)18/h8-9,18H,1-3H3,(H,16,17). The molecule has 0 aliphatic heterocycles. The van der Waals surface area contributed by atoms with Gasteiger partial charge in [0, 0.05) is 11.3 Å². The van der Waals surface area contributed by atoms with Crippen LogP contribution in [0.3, 0.4) is 0 Å². The molecule has 0 aromatic carbocycles. The van der Waals surface area contributed by atoms with Crippen LogP contribution >= 0.6 is 0 Å². The summed E-state index contributed by atoms with van der Waals surface area (Å²) in [5, 5.41) is 18.2. The van der Waals surface area contributed by atoms with Crippen LogP contribution in [0.4, 0.5) is 0 Å². The number of rotatable bonds is 1. The minimum Gasteiger partial charge on any atom is -0.477 e. The van der Waals surface area contributed by atoms with Crippen molar-refractivity contribution in [3.8, 4) is 23.7 Å². The molecule has 0 aliphatic rings. The Hall–Kier alpha value is -2.30. The Morgan fingerprint density at radius 2 is 2.00 bits per heavy atom. The summed E-state index contributed by atoms with van der Waals surface area (Å²) in [4.78, 5) is 14.7. The minimum atomic E-state index is -1.09. The van der Waals surface area contributed by atoms with Gasteiger partial charge in [-0.25, -0.2) is 9.78 Å². The van der Waals surface area contributed by atoms with Crippen LogP contribution in [0, 0.1) is 30.6 Å². The number of carboxylic acids is 1. The van der Waals surface area contributed by atoms with Gasteiger partial charge in [-0.1, -0.05) is 11.8 Å². The molecule has 0 saturated heterocycles. The van der Waals surface area contributed by atoms with Gasteiger partial charge < -0.3 is 10.2 Å². The monoisotopic (exact) mass is 243 g/mol. The zero-order chi connectivity index (χ0) is 13.8. The summed E-state index contributed by atoms with van der Waals surface area (Å²) in [7, 11) is 0. The van der Waals surface area contributed by atoms with E-state index in [4.69, 9.17) is 5.11 Å². The third kappa shape index (κ3) is 4.69. The molecule has 0 bridgehead atoms. The third-order valence-corrected chi connectivity index (χ3v) is 1.81. The van der Waals surface area contributed by atoms with E-state index in [1.165, 1.54) is 6.07 Å². The average Bonchev–Trinajstić information content (AvgIpc) is 2.22. The van der Waals surface area contributed by atoms with Crippen molar-refractivity contribution in [3.63, 3.8) is 0 Å². The van der Waals surface area contributed by atoms with E-state index in [-0.39, 0.29) is 5.69 Å². The molecule has 18 heavy (non-hydrogen) atoms. The number of aryl methyl sites for hydroxylation is 1. The maximum absolute atomic E-state index is 10.8. The summed E-state index contributed by atoms with van der Waals surface area (Å²) in [5.74, 6) is 9.24. The topological polar surface area (TPSA) is 70.4 Å². The molecule has 0 fully saturated rings. The van der Waals surface area contributed by atoms with Crippen molar-refractivity contribution in [3.05, 3.63) is 29.1 Å². The zero-order valence-corrected chi connectivity index (χ0v) is 10.4. The van der Waals surface area contributed by atoms with E-state index in [0.29, 0.717) is 11.3 Å². The molecule has 4 heteroatoms. The van der Waals surface area contributed by atoms with Gasteiger partial charge >= 0.3 is 5.97 Å². The van der Waals surface area contributed by atoms with Gasteiger partial charge in [0.1, 0.15) is 11.3 Å². The van der Waals surface area contributed by atoms with E-state index in [2.05, 4.69) is 28.7 Å². The molecular weight excluding hydrogens is 230 g/mol. The molecule has 1 aromatic heterocycles. The Labute approximate surface area is 106 Å². The fourth-order valence-electron chi connectivity index (χ4n) is 1.14. The van der Waals surface area contributed by atoms with Crippen molar-refractivity contribution in [2.24, 2.45) is 0 Å². The number of carboxylic acid groups (broad SMARTS) is 1. The molecular formula is C14H13NO3. The van der Waals surface area contributed by atoms with E-state index in [9.17, 15) is 9.90 Å². The van der Waals surface area contributed by atoms with Gasteiger partial charge in [0.25, 0.3) is 0 Å². The first-order valence-corrected chi connectivity index (χ1v) is 5.25. The lowest BCUT2D eigenvalue weighted by Gasteiger charge is -2.04. The first kappa shape index (κ1) is 13.8. The van der Waals surface area contributed by atoms with Gasteiger partial charge in [0.2, 0.25) is 0 Å². The van der Waals surface area contributed by atoms with Crippen molar-refractivity contribution in [1.82, 2.24) is 4.98 Å². The number of aromatic carboxylic acids is 1. The Bertz CT molecular complexity index is 589.